The maximum atomic E-state index is 11.9. The molecule has 1 amide bonds. The lowest BCUT2D eigenvalue weighted by Crippen LogP contribution is -2.18. The van der Waals surface area contributed by atoms with Crippen molar-refractivity contribution in [3.05, 3.63) is 65.2 Å². The van der Waals surface area contributed by atoms with Crippen LogP contribution in [-0.4, -0.2) is 19.2 Å². The fourth-order valence-corrected chi connectivity index (χ4v) is 1.78. The number of nitrogens with zero attached hydrogens (tertiary/aromatic N) is 1. The summed E-state index contributed by atoms with van der Waals surface area (Å²) in [5.41, 5.74) is 4.91. The van der Waals surface area contributed by atoms with Crippen LogP contribution in [0.25, 0.3) is 0 Å². The third-order valence-electron chi connectivity index (χ3n) is 2.86. The summed E-state index contributed by atoms with van der Waals surface area (Å²) in [6.45, 7) is 1.89. The Morgan fingerprint density at radius 1 is 1.20 bits per heavy atom. The van der Waals surface area contributed by atoms with Crippen LogP contribution in [0.3, 0.4) is 0 Å². The van der Waals surface area contributed by atoms with Gasteiger partial charge in [0.1, 0.15) is 5.75 Å². The van der Waals surface area contributed by atoms with Crippen LogP contribution in [0.4, 0.5) is 0 Å². The second-order valence-electron chi connectivity index (χ2n) is 4.29. The Kier molecular flexibility index (Phi) is 4.50. The highest BCUT2D eigenvalue weighted by molar-refractivity contribution is 5.96. The highest BCUT2D eigenvalue weighted by Gasteiger charge is 2.05. The molecule has 2 aromatic rings. The van der Waals surface area contributed by atoms with Gasteiger partial charge < -0.3 is 4.74 Å². The first-order chi connectivity index (χ1) is 9.70. The molecule has 4 heteroatoms. The summed E-state index contributed by atoms with van der Waals surface area (Å²) < 4.78 is 5.12. The highest BCUT2D eigenvalue weighted by Crippen LogP contribution is 2.10. The van der Waals surface area contributed by atoms with Crippen LogP contribution in [0.5, 0.6) is 5.75 Å². The molecule has 0 saturated heterocycles. The van der Waals surface area contributed by atoms with Crippen LogP contribution < -0.4 is 10.2 Å². The minimum absolute atomic E-state index is 0.220. The molecule has 0 unspecified atom stereocenters. The predicted molar refractivity (Wildman–Crippen MR) is 79.2 cm³/mol. The average molecular weight is 268 g/mol. The van der Waals surface area contributed by atoms with Gasteiger partial charge in [0.25, 0.3) is 5.91 Å². The summed E-state index contributed by atoms with van der Waals surface area (Å²) in [5.74, 6) is 0.529. The van der Waals surface area contributed by atoms with Crippen LogP contribution in [-0.2, 0) is 0 Å². The van der Waals surface area contributed by atoms with Crippen molar-refractivity contribution in [2.75, 3.05) is 7.11 Å². The van der Waals surface area contributed by atoms with E-state index in [0.717, 1.165) is 16.9 Å². The topological polar surface area (TPSA) is 50.7 Å². The average Bonchev–Trinajstić information content (AvgIpc) is 2.48. The van der Waals surface area contributed by atoms with Gasteiger partial charge in [0.05, 0.1) is 13.3 Å². The van der Waals surface area contributed by atoms with E-state index in [-0.39, 0.29) is 5.91 Å². The Morgan fingerprint density at radius 3 is 2.75 bits per heavy atom. The Balaban J connectivity index is 2.03. The van der Waals surface area contributed by atoms with Crippen molar-refractivity contribution in [1.29, 1.82) is 0 Å². The van der Waals surface area contributed by atoms with E-state index >= 15 is 0 Å². The normalized spacial score (nSPS) is 10.5. The fourth-order valence-electron chi connectivity index (χ4n) is 1.78. The number of methoxy groups -OCH3 is 1. The molecule has 0 saturated carbocycles. The number of benzene rings is 2. The molecular formula is C16H16N2O2. The van der Waals surface area contributed by atoms with Gasteiger partial charge in [-0.05, 0) is 36.2 Å². The minimum atomic E-state index is -0.220. The molecular weight excluding hydrogens is 252 g/mol. The number of hydrogen-bond acceptors (Lipinski definition) is 3. The largest absolute Gasteiger partial charge is 0.497 e. The van der Waals surface area contributed by atoms with Crippen LogP contribution >= 0.6 is 0 Å². The van der Waals surface area contributed by atoms with Crippen molar-refractivity contribution >= 4 is 12.1 Å². The van der Waals surface area contributed by atoms with Gasteiger partial charge in [-0.15, -0.1) is 0 Å². The number of ether oxygens (including phenoxy) is 1. The molecule has 2 aromatic carbocycles. The number of hydrogen-bond donors (Lipinski definition) is 1. The summed E-state index contributed by atoms with van der Waals surface area (Å²) in [6, 6.07) is 14.8. The van der Waals surface area contributed by atoms with Gasteiger partial charge >= 0.3 is 0 Å². The molecule has 0 aliphatic carbocycles. The monoisotopic (exact) mass is 268 g/mol. The molecule has 0 aliphatic rings. The molecule has 0 bridgehead atoms. The zero-order valence-electron chi connectivity index (χ0n) is 11.5. The van der Waals surface area contributed by atoms with E-state index in [2.05, 4.69) is 10.5 Å². The Hall–Kier alpha value is -2.62. The van der Waals surface area contributed by atoms with Crippen LogP contribution in [0.15, 0.2) is 53.6 Å². The third kappa shape index (κ3) is 3.45. The van der Waals surface area contributed by atoms with Gasteiger partial charge in [-0.3, -0.25) is 4.79 Å². The summed E-state index contributed by atoms with van der Waals surface area (Å²) in [6.07, 6.45) is 1.58. The van der Waals surface area contributed by atoms with E-state index in [9.17, 15) is 4.79 Å². The number of hydrazone groups is 1. The Bertz CT molecular complexity index is 636. The smallest absolute Gasteiger partial charge is 0.271 e. The van der Waals surface area contributed by atoms with Crippen molar-refractivity contribution in [2.24, 2.45) is 5.10 Å². The number of nitrogens with one attached hydrogen (secondary N) is 1. The molecule has 102 valence electrons. The number of amides is 1. The van der Waals surface area contributed by atoms with Gasteiger partial charge in [0, 0.05) is 5.56 Å². The minimum Gasteiger partial charge on any atom is -0.497 e. The molecule has 0 aromatic heterocycles. The first kappa shape index (κ1) is 13.8. The first-order valence-corrected chi connectivity index (χ1v) is 6.24. The second-order valence-corrected chi connectivity index (χ2v) is 4.29. The van der Waals surface area contributed by atoms with E-state index in [4.69, 9.17) is 4.74 Å². The molecule has 0 atom stereocenters. The molecule has 0 radical (unpaired) electrons. The summed E-state index contributed by atoms with van der Waals surface area (Å²) in [7, 11) is 1.61. The standard InChI is InChI=1S/C16H16N2O2/c1-12-6-3-4-9-15(12)16(19)18-17-11-13-7-5-8-14(10-13)20-2/h3-11H,1-2H3,(H,18,19)/b17-11-. The van der Waals surface area contributed by atoms with E-state index in [1.165, 1.54) is 0 Å². The molecule has 0 fully saturated rings. The van der Waals surface area contributed by atoms with Crippen molar-refractivity contribution < 1.29 is 9.53 Å². The Morgan fingerprint density at radius 2 is 2.00 bits per heavy atom. The van der Waals surface area contributed by atoms with Crippen molar-refractivity contribution in [3.63, 3.8) is 0 Å². The van der Waals surface area contributed by atoms with Gasteiger partial charge in [-0.2, -0.15) is 5.10 Å². The lowest BCUT2D eigenvalue weighted by Gasteiger charge is -2.03. The van der Waals surface area contributed by atoms with E-state index in [0.29, 0.717) is 5.56 Å². The molecule has 2 rings (SSSR count). The zero-order valence-corrected chi connectivity index (χ0v) is 11.5. The SMILES string of the molecule is COc1cccc(/C=N\NC(=O)c2ccccc2C)c1. The third-order valence-corrected chi connectivity index (χ3v) is 2.86. The number of rotatable bonds is 4. The summed E-state index contributed by atoms with van der Waals surface area (Å²) in [5, 5.41) is 3.95. The molecule has 0 aliphatic heterocycles. The van der Waals surface area contributed by atoms with Gasteiger partial charge in [0.2, 0.25) is 0 Å². The highest BCUT2D eigenvalue weighted by atomic mass is 16.5. The van der Waals surface area contributed by atoms with E-state index in [1.54, 1.807) is 19.4 Å². The maximum absolute atomic E-state index is 11.9. The first-order valence-electron chi connectivity index (χ1n) is 6.24. The van der Waals surface area contributed by atoms with Crippen molar-refractivity contribution in [1.82, 2.24) is 5.43 Å². The molecule has 1 N–H and O–H groups in total. The van der Waals surface area contributed by atoms with Gasteiger partial charge in [-0.25, -0.2) is 5.43 Å². The summed E-state index contributed by atoms with van der Waals surface area (Å²) in [4.78, 5) is 11.9. The fraction of sp³-hybridized carbons (Fsp3) is 0.125. The molecule has 20 heavy (non-hydrogen) atoms. The Labute approximate surface area is 118 Å². The van der Waals surface area contributed by atoms with Gasteiger partial charge in [-0.1, -0.05) is 30.3 Å². The van der Waals surface area contributed by atoms with Crippen LogP contribution in [0.1, 0.15) is 21.5 Å². The molecule has 0 spiro atoms. The lowest BCUT2D eigenvalue weighted by molar-refractivity contribution is 0.0954. The number of carbonyl (C=O) groups is 1. The van der Waals surface area contributed by atoms with E-state index in [1.807, 2.05) is 49.4 Å². The van der Waals surface area contributed by atoms with Gasteiger partial charge in [0.15, 0.2) is 0 Å². The van der Waals surface area contributed by atoms with Crippen molar-refractivity contribution in [3.8, 4) is 5.75 Å². The van der Waals surface area contributed by atoms with Crippen molar-refractivity contribution in [2.45, 2.75) is 6.92 Å². The molecule has 4 nitrogen and oxygen atoms in total. The number of aryl methyl sites for hydroxylation is 1. The van der Waals surface area contributed by atoms with E-state index < -0.39 is 0 Å². The lowest BCUT2D eigenvalue weighted by atomic mass is 10.1. The zero-order chi connectivity index (χ0) is 14.4. The predicted octanol–water partition coefficient (Wildman–Crippen LogP) is 2.77. The second kappa shape index (κ2) is 6.52. The quantitative estimate of drug-likeness (QED) is 0.684. The maximum Gasteiger partial charge on any atom is 0.271 e. The summed E-state index contributed by atoms with van der Waals surface area (Å²) >= 11 is 0. The number of carbonyl (C=O) groups excluding carboxylic acids is 1. The van der Waals surface area contributed by atoms with Crippen LogP contribution in [0.2, 0.25) is 0 Å². The van der Waals surface area contributed by atoms with Crippen LogP contribution in [0, 0.1) is 6.92 Å². The molecule has 0 heterocycles.